The van der Waals surface area contributed by atoms with Crippen molar-refractivity contribution in [2.24, 2.45) is 0 Å². The Balaban J connectivity index is 1.78. The van der Waals surface area contributed by atoms with E-state index in [0.29, 0.717) is 19.8 Å². The maximum Gasteiger partial charge on any atom is 0.255 e. The van der Waals surface area contributed by atoms with E-state index in [0.717, 1.165) is 17.3 Å². The first-order chi connectivity index (χ1) is 11.6. The molecule has 0 atom stereocenters. The van der Waals surface area contributed by atoms with Crippen molar-refractivity contribution < 1.29 is 14.6 Å². The molecule has 2 N–H and O–H groups in total. The zero-order valence-electron chi connectivity index (χ0n) is 13.3. The summed E-state index contributed by atoms with van der Waals surface area (Å²) >= 11 is 3.28. The van der Waals surface area contributed by atoms with Crippen molar-refractivity contribution in [3.63, 3.8) is 0 Å². The highest BCUT2D eigenvalue weighted by molar-refractivity contribution is 9.10. The van der Waals surface area contributed by atoms with Crippen molar-refractivity contribution >= 4 is 21.8 Å². The van der Waals surface area contributed by atoms with Crippen LogP contribution >= 0.6 is 15.9 Å². The van der Waals surface area contributed by atoms with E-state index in [1.807, 2.05) is 18.2 Å². The molecule has 1 saturated heterocycles. The maximum absolute atomic E-state index is 12.5. The molecular weight excluding hydrogens is 370 g/mol. The van der Waals surface area contributed by atoms with Crippen molar-refractivity contribution in [2.75, 3.05) is 19.8 Å². The van der Waals surface area contributed by atoms with Crippen LogP contribution in [0.5, 0.6) is 5.75 Å². The predicted octanol–water partition coefficient (Wildman–Crippen LogP) is 3.63. The molecule has 0 radical (unpaired) electrons. The van der Waals surface area contributed by atoms with Crippen molar-refractivity contribution in [2.45, 2.75) is 18.3 Å². The lowest BCUT2D eigenvalue weighted by Crippen LogP contribution is -2.44. The molecular formula is C19H20BrNO3. The fraction of sp³-hybridized carbons (Fsp3) is 0.316. The topological polar surface area (TPSA) is 58.6 Å². The van der Waals surface area contributed by atoms with Crippen LogP contribution < -0.4 is 5.32 Å². The minimum absolute atomic E-state index is 0.0254. The van der Waals surface area contributed by atoms with E-state index >= 15 is 0 Å². The number of amides is 1. The van der Waals surface area contributed by atoms with E-state index in [9.17, 15) is 9.90 Å². The largest absolute Gasteiger partial charge is 0.507 e. The number of benzene rings is 2. The van der Waals surface area contributed by atoms with Gasteiger partial charge < -0.3 is 15.2 Å². The second-order valence-corrected chi connectivity index (χ2v) is 7.02. The summed E-state index contributed by atoms with van der Waals surface area (Å²) in [5.74, 6) is -0.288. The van der Waals surface area contributed by atoms with E-state index in [2.05, 4.69) is 33.4 Å². The second-order valence-electron chi connectivity index (χ2n) is 6.10. The van der Waals surface area contributed by atoms with Gasteiger partial charge in [-0.05, 0) is 36.6 Å². The quantitative estimate of drug-likeness (QED) is 0.838. The Morgan fingerprint density at radius 1 is 1.17 bits per heavy atom. The van der Waals surface area contributed by atoms with Crippen molar-refractivity contribution in [1.29, 1.82) is 0 Å². The SMILES string of the molecule is O=C(NCC1(c2ccccc2)CCOCC1)c1ccc(Br)cc1O. The highest BCUT2D eigenvalue weighted by Crippen LogP contribution is 2.34. The number of ether oxygens (including phenoxy) is 1. The maximum atomic E-state index is 12.5. The van der Waals surface area contributed by atoms with Gasteiger partial charge in [0.25, 0.3) is 5.91 Å². The fourth-order valence-corrected chi connectivity index (χ4v) is 3.51. The normalized spacial score (nSPS) is 16.5. The van der Waals surface area contributed by atoms with Crippen molar-refractivity contribution in [3.05, 3.63) is 64.1 Å². The van der Waals surface area contributed by atoms with Crippen molar-refractivity contribution in [3.8, 4) is 5.75 Å². The summed E-state index contributed by atoms with van der Waals surface area (Å²) in [6.07, 6.45) is 1.73. The first kappa shape index (κ1) is 17.0. The van der Waals surface area contributed by atoms with Gasteiger partial charge in [-0.25, -0.2) is 0 Å². The molecule has 3 rings (SSSR count). The number of halogens is 1. The lowest BCUT2D eigenvalue weighted by atomic mass is 9.74. The number of rotatable bonds is 4. The summed E-state index contributed by atoms with van der Waals surface area (Å²) in [5, 5.41) is 13.0. The molecule has 0 unspecified atom stereocenters. The Bertz CT molecular complexity index is 712. The Morgan fingerprint density at radius 3 is 2.54 bits per heavy atom. The Kier molecular flexibility index (Phi) is 5.21. The van der Waals surface area contributed by atoms with Crippen LogP contribution in [0.1, 0.15) is 28.8 Å². The third-order valence-electron chi connectivity index (χ3n) is 4.63. The minimum Gasteiger partial charge on any atom is -0.507 e. The number of carbonyl (C=O) groups is 1. The molecule has 1 fully saturated rings. The average molecular weight is 390 g/mol. The molecule has 1 heterocycles. The molecule has 0 bridgehead atoms. The number of nitrogens with one attached hydrogen (secondary N) is 1. The Hall–Kier alpha value is -1.85. The van der Waals surface area contributed by atoms with E-state index in [1.54, 1.807) is 12.1 Å². The molecule has 4 nitrogen and oxygen atoms in total. The number of aromatic hydroxyl groups is 1. The molecule has 0 aromatic heterocycles. The monoisotopic (exact) mass is 389 g/mol. The number of hydrogen-bond acceptors (Lipinski definition) is 3. The highest BCUT2D eigenvalue weighted by Gasteiger charge is 2.34. The van der Waals surface area contributed by atoms with Gasteiger partial charge in [0.1, 0.15) is 5.75 Å². The molecule has 1 aliphatic heterocycles. The summed E-state index contributed by atoms with van der Waals surface area (Å²) in [6, 6.07) is 15.1. The third kappa shape index (κ3) is 3.62. The standard InChI is InChI=1S/C19H20BrNO3/c20-15-6-7-16(17(22)12-15)18(23)21-13-19(8-10-24-11-9-19)14-4-2-1-3-5-14/h1-7,12,22H,8-11,13H2,(H,21,23). The molecule has 2 aromatic carbocycles. The number of carbonyl (C=O) groups excluding carboxylic acids is 1. The molecule has 0 aliphatic carbocycles. The van der Waals surface area contributed by atoms with Gasteiger partial charge in [0.15, 0.2) is 0 Å². The summed E-state index contributed by atoms with van der Waals surface area (Å²) in [5.41, 5.74) is 1.38. The molecule has 0 saturated carbocycles. The van der Waals surface area contributed by atoms with Gasteiger partial charge in [0, 0.05) is 29.6 Å². The highest BCUT2D eigenvalue weighted by atomic mass is 79.9. The van der Waals surface area contributed by atoms with Gasteiger partial charge in [-0.2, -0.15) is 0 Å². The van der Waals surface area contributed by atoms with Crippen LogP contribution in [0.25, 0.3) is 0 Å². The van der Waals surface area contributed by atoms with Crippen LogP contribution in [0.3, 0.4) is 0 Å². The Labute approximate surface area is 150 Å². The van der Waals surface area contributed by atoms with E-state index in [1.165, 1.54) is 11.6 Å². The fourth-order valence-electron chi connectivity index (χ4n) is 3.16. The van der Waals surface area contributed by atoms with Crippen LogP contribution in [0, 0.1) is 0 Å². The lowest BCUT2D eigenvalue weighted by molar-refractivity contribution is 0.0487. The van der Waals surface area contributed by atoms with E-state index < -0.39 is 0 Å². The molecule has 2 aromatic rings. The molecule has 1 amide bonds. The van der Waals surface area contributed by atoms with E-state index in [4.69, 9.17) is 4.74 Å². The number of phenols is 1. The molecule has 1 aliphatic rings. The molecule has 5 heteroatoms. The summed E-state index contributed by atoms with van der Waals surface area (Å²) in [7, 11) is 0. The Morgan fingerprint density at radius 2 is 1.88 bits per heavy atom. The van der Waals surface area contributed by atoms with Crippen LogP contribution in [-0.2, 0) is 10.2 Å². The molecule has 0 spiro atoms. The zero-order valence-corrected chi connectivity index (χ0v) is 14.9. The first-order valence-electron chi connectivity index (χ1n) is 8.01. The van der Waals surface area contributed by atoms with Crippen LogP contribution in [0.2, 0.25) is 0 Å². The molecule has 126 valence electrons. The average Bonchev–Trinajstić information content (AvgIpc) is 2.61. The van der Waals surface area contributed by atoms with Crippen molar-refractivity contribution in [1.82, 2.24) is 5.32 Å². The van der Waals surface area contributed by atoms with Gasteiger partial charge >= 0.3 is 0 Å². The van der Waals surface area contributed by atoms with Gasteiger partial charge in [0.2, 0.25) is 0 Å². The minimum atomic E-state index is -0.262. The number of hydrogen-bond donors (Lipinski definition) is 2. The van der Waals surface area contributed by atoms with Crippen LogP contribution in [0.15, 0.2) is 53.0 Å². The third-order valence-corrected chi connectivity index (χ3v) is 5.12. The molecule has 24 heavy (non-hydrogen) atoms. The van der Waals surface area contributed by atoms with Gasteiger partial charge in [-0.3, -0.25) is 4.79 Å². The lowest BCUT2D eigenvalue weighted by Gasteiger charge is -2.38. The van der Waals surface area contributed by atoms with Crippen LogP contribution in [-0.4, -0.2) is 30.8 Å². The van der Waals surface area contributed by atoms with Gasteiger partial charge in [0.05, 0.1) is 5.56 Å². The summed E-state index contributed by atoms with van der Waals surface area (Å²) in [4.78, 5) is 12.5. The second kappa shape index (κ2) is 7.36. The van der Waals surface area contributed by atoms with Gasteiger partial charge in [-0.1, -0.05) is 46.3 Å². The summed E-state index contributed by atoms with van der Waals surface area (Å²) < 4.78 is 6.25. The summed E-state index contributed by atoms with van der Waals surface area (Å²) in [6.45, 7) is 1.90. The first-order valence-corrected chi connectivity index (χ1v) is 8.80. The van der Waals surface area contributed by atoms with Gasteiger partial charge in [-0.15, -0.1) is 0 Å². The smallest absolute Gasteiger partial charge is 0.255 e. The predicted molar refractivity (Wildman–Crippen MR) is 96.3 cm³/mol. The van der Waals surface area contributed by atoms with E-state index in [-0.39, 0.29) is 22.6 Å². The number of phenolic OH excluding ortho intramolecular Hbond substituents is 1. The van der Waals surface area contributed by atoms with Crippen LogP contribution in [0.4, 0.5) is 0 Å². The zero-order chi connectivity index (χ0) is 17.0.